The molecule has 0 aliphatic carbocycles. The van der Waals surface area contributed by atoms with E-state index in [-0.39, 0.29) is 17.5 Å². The van der Waals surface area contributed by atoms with Crippen molar-refractivity contribution in [2.24, 2.45) is 0 Å². The van der Waals surface area contributed by atoms with Crippen molar-refractivity contribution in [1.82, 2.24) is 20.1 Å². The molecule has 164 valence electrons. The lowest BCUT2D eigenvalue weighted by Gasteiger charge is -2.32. The highest BCUT2D eigenvalue weighted by Gasteiger charge is 2.25. The number of amides is 1. The predicted molar refractivity (Wildman–Crippen MR) is 125 cm³/mol. The maximum atomic E-state index is 13.9. The van der Waals surface area contributed by atoms with Crippen LogP contribution in [0.1, 0.15) is 34.5 Å². The molecule has 0 spiro atoms. The van der Waals surface area contributed by atoms with Crippen LogP contribution < -0.4 is 10.2 Å². The number of thiazole rings is 1. The van der Waals surface area contributed by atoms with E-state index in [9.17, 15) is 9.18 Å². The molecular weight excluding hydrogens is 425 g/mol. The number of piperidine rings is 1. The number of aromatic nitrogens is 3. The number of benzene rings is 2. The molecule has 1 fully saturated rings. The Morgan fingerprint density at radius 3 is 2.66 bits per heavy atom. The Morgan fingerprint density at radius 2 is 1.91 bits per heavy atom. The first kappa shape index (κ1) is 20.6. The summed E-state index contributed by atoms with van der Waals surface area (Å²) in [6.45, 7) is 5.66. The van der Waals surface area contributed by atoms with Crippen LogP contribution >= 0.6 is 11.3 Å². The van der Waals surface area contributed by atoms with Crippen molar-refractivity contribution in [3.05, 3.63) is 71.2 Å². The molecule has 3 heterocycles. The van der Waals surface area contributed by atoms with Crippen LogP contribution in [0.25, 0.3) is 16.0 Å². The molecule has 1 N–H and O–H groups in total. The lowest BCUT2D eigenvalue weighted by molar-refractivity contribution is 0.0927. The SMILES string of the molecule is Cc1cccc(-n2nc(C)c3sc(N4CCC(NC(=O)c5ccccc5F)CC4)nc32)c1. The van der Waals surface area contributed by atoms with E-state index in [0.717, 1.165) is 52.8 Å². The van der Waals surface area contributed by atoms with Crippen LogP contribution in [-0.2, 0) is 0 Å². The third kappa shape index (κ3) is 3.86. The van der Waals surface area contributed by atoms with E-state index in [4.69, 9.17) is 10.1 Å². The van der Waals surface area contributed by atoms with Gasteiger partial charge in [-0.1, -0.05) is 35.6 Å². The molecule has 2 aromatic heterocycles. The molecule has 5 rings (SSSR count). The van der Waals surface area contributed by atoms with Crippen molar-refractivity contribution in [2.45, 2.75) is 32.7 Å². The highest BCUT2D eigenvalue weighted by atomic mass is 32.1. The standard InChI is InChI=1S/C24H24FN5OS/c1-15-6-5-7-18(14-15)30-22-21(16(2)28-30)32-24(27-22)29-12-10-17(11-13-29)26-23(31)19-8-3-4-9-20(19)25/h3-9,14,17H,10-13H2,1-2H3,(H,26,31). The van der Waals surface area contributed by atoms with Gasteiger partial charge in [0.05, 0.1) is 21.6 Å². The molecule has 1 amide bonds. The normalized spacial score (nSPS) is 14.8. The second-order valence-corrected chi connectivity index (χ2v) is 9.18. The first-order chi connectivity index (χ1) is 15.5. The zero-order valence-electron chi connectivity index (χ0n) is 18.0. The Kier molecular flexibility index (Phi) is 5.38. The van der Waals surface area contributed by atoms with Crippen molar-refractivity contribution >= 4 is 32.7 Å². The van der Waals surface area contributed by atoms with Crippen LogP contribution in [-0.4, -0.2) is 39.8 Å². The van der Waals surface area contributed by atoms with Crippen LogP contribution in [0.15, 0.2) is 48.5 Å². The zero-order valence-corrected chi connectivity index (χ0v) is 18.8. The van der Waals surface area contributed by atoms with Gasteiger partial charge in [-0.15, -0.1) is 0 Å². The Balaban J connectivity index is 1.30. The minimum atomic E-state index is -0.491. The Hall–Kier alpha value is -3.26. The van der Waals surface area contributed by atoms with Gasteiger partial charge in [-0.25, -0.2) is 9.07 Å². The fourth-order valence-corrected chi connectivity index (χ4v) is 5.16. The van der Waals surface area contributed by atoms with Crippen molar-refractivity contribution < 1.29 is 9.18 Å². The molecule has 0 bridgehead atoms. The Labute approximate surface area is 189 Å². The van der Waals surface area contributed by atoms with E-state index in [1.54, 1.807) is 23.5 Å². The minimum Gasteiger partial charge on any atom is -0.349 e. The summed E-state index contributed by atoms with van der Waals surface area (Å²) in [6, 6.07) is 14.4. The number of hydrogen-bond acceptors (Lipinski definition) is 5. The van der Waals surface area contributed by atoms with Gasteiger partial charge < -0.3 is 10.2 Å². The molecule has 8 heteroatoms. The molecule has 0 radical (unpaired) electrons. The van der Waals surface area contributed by atoms with E-state index in [1.165, 1.54) is 17.7 Å². The van der Waals surface area contributed by atoms with Crippen molar-refractivity contribution in [3.8, 4) is 5.69 Å². The van der Waals surface area contributed by atoms with Gasteiger partial charge in [-0.3, -0.25) is 4.79 Å². The van der Waals surface area contributed by atoms with Gasteiger partial charge in [0.2, 0.25) is 0 Å². The molecule has 1 aliphatic heterocycles. The summed E-state index contributed by atoms with van der Waals surface area (Å²) in [5.41, 5.74) is 4.13. The van der Waals surface area contributed by atoms with E-state index in [1.807, 2.05) is 23.7 Å². The van der Waals surface area contributed by atoms with E-state index in [0.29, 0.717) is 0 Å². The van der Waals surface area contributed by atoms with Crippen molar-refractivity contribution in [3.63, 3.8) is 0 Å². The number of nitrogens with one attached hydrogen (secondary N) is 1. The largest absolute Gasteiger partial charge is 0.349 e. The highest BCUT2D eigenvalue weighted by Crippen LogP contribution is 2.33. The summed E-state index contributed by atoms with van der Waals surface area (Å²) < 4.78 is 16.9. The van der Waals surface area contributed by atoms with Crippen LogP contribution in [0.5, 0.6) is 0 Å². The molecule has 0 saturated carbocycles. The molecule has 0 atom stereocenters. The number of hydrogen-bond donors (Lipinski definition) is 1. The zero-order chi connectivity index (χ0) is 22.2. The number of nitrogens with zero attached hydrogens (tertiary/aromatic N) is 4. The van der Waals surface area contributed by atoms with Gasteiger partial charge in [0, 0.05) is 19.1 Å². The third-order valence-electron chi connectivity index (χ3n) is 5.84. The minimum absolute atomic E-state index is 0.0252. The van der Waals surface area contributed by atoms with Crippen LogP contribution in [0.4, 0.5) is 9.52 Å². The van der Waals surface area contributed by atoms with Gasteiger partial charge in [-0.2, -0.15) is 10.1 Å². The van der Waals surface area contributed by atoms with Gasteiger partial charge in [0.15, 0.2) is 10.8 Å². The summed E-state index contributed by atoms with van der Waals surface area (Å²) in [4.78, 5) is 19.6. The number of carbonyl (C=O) groups is 1. The number of carbonyl (C=O) groups excluding carboxylic acids is 1. The first-order valence-electron chi connectivity index (χ1n) is 10.7. The summed E-state index contributed by atoms with van der Waals surface area (Å²) in [7, 11) is 0. The monoisotopic (exact) mass is 449 g/mol. The van der Waals surface area contributed by atoms with Crippen LogP contribution in [0.3, 0.4) is 0 Å². The Morgan fingerprint density at radius 1 is 1.12 bits per heavy atom. The number of anilines is 1. The maximum Gasteiger partial charge on any atom is 0.254 e. The molecular formula is C24H24FN5OS. The lowest BCUT2D eigenvalue weighted by Crippen LogP contribution is -2.44. The number of halogens is 1. The first-order valence-corrected chi connectivity index (χ1v) is 11.5. The average molecular weight is 450 g/mol. The summed E-state index contributed by atoms with van der Waals surface area (Å²) in [5.74, 6) is -0.842. The number of rotatable bonds is 4. The lowest BCUT2D eigenvalue weighted by atomic mass is 10.0. The van der Waals surface area contributed by atoms with Crippen LogP contribution in [0, 0.1) is 19.7 Å². The van der Waals surface area contributed by atoms with Gasteiger partial charge in [-0.05, 0) is 56.5 Å². The molecule has 2 aromatic carbocycles. The molecule has 0 unspecified atom stereocenters. The van der Waals surface area contributed by atoms with E-state index < -0.39 is 5.82 Å². The highest BCUT2D eigenvalue weighted by molar-refractivity contribution is 7.22. The molecule has 6 nitrogen and oxygen atoms in total. The van der Waals surface area contributed by atoms with Crippen molar-refractivity contribution in [1.29, 1.82) is 0 Å². The predicted octanol–water partition coefficient (Wildman–Crippen LogP) is 4.64. The van der Waals surface area contributed by atoms with Gasteiger partial charge >= 0.3 is 0 Å². The quantitative estimate of drug-likeness (QED) is 0.493. The second-order valence-electron chi connectivity index (χ2n) is 8.20. The average Bonchev–Trinajstić information content (AvgIpc) is 3.35. The third-order valence-corrected chi connectivity index (χ3v) is 7.06. The van der Waals surface area contributed by atoms with Gasteiger partial charge in [0.1, 0.15) is 5.82 Å². The molecule has 32 heavy (non-hydrogen) atoms. The van der Waals surface area contributed by atoms with E-state index >= 15 is 0 Å². The van der Waals surface area contributed by atoms with Crippen molar-refractivity contribution in [2.75, 3.05) is 18.0 Å². The molecule has 4 aromatic rings. The summed E-state index contributed by atoms with van der Waals surface area (Å²) in [6.07, 6.45) is 1.58. The van der Waals surface area contributed by atoms with Crippen LogP contribution in [0.2, 0.25) is 0 Å². The number of fused-ring (bicyclic) bond motifs is 1. The second kappa shape index (κ2) is 8.35. The fraction of sp³-hybridized carbons (Fsp3) is 0.292. The smallest absolute Gasteiger partial charge is 0.254 e. The van der Waals surface area contributed by atoms with Gasteiger partial charge in [0.25, 0.3) is 5.91 Å². The fourth-order valence-electron chi connectivity index (χ4n) is 4.12. The Bertz CT molecular complexity index is 1290. The maximum absolute atomic E-state index is 13.9. The van der Waals surface area contributed by atoms with E-state index in [2.05, 4.69) is 29.3 Å². The summed E-state index contributed by atoms with van der Waals surface area (Å²) in [5, 5.41) is 8.65. The molecule has 1 saturated heterocycles. The molecule has 1 aliphatic rings. The topological polar surface area (TPSA) is 63.1 Å². The summed E-state index contributed by atoms with van der Waals surface area (Å²) >= 11 is 1.66. The number of aryl methyl sites for hydroxylation is 2.